The summed E-state index contributed by atoms with van der Waals surface area (Å²) in [5.74, 6) is 0.567. The van der Waals surface area contributed by atoms with E-state index in [2.05, 4.69) is 15.9 Å². The van der Waals surface area contributed by atoms with Crippen LogP contribution in [0.2, 0.25) is 0 Å². The Morgan fingerprint density at radius 3 is 2.43 bits per heavy atom. The first kappa shape index (κ1) is 22.6. The topological polar surface area (TPSA) is 60.4 Å². The Labute approximate surface area is 187 Å². The molecule has 2 aliphatic carbocycles. The van der Waals surface area contributed by atoms with Gasteiger partial charge in [-0.25, -0.2) is 9.40 Å². The molecule has 2 aliphatic heterocycles. The molecule has 0 aromatic carbocycles. The lowest BCUT2D eigenvalue weighted by molar-refractivity contribution is -0.144. The second-order valence-electron chi connectivity index (χ2n) is 9.23. The number of amides is 1. The molecule has 1 saturated heterocycles. The van der Waals surface area contributed by atoms with Gasteiger partial charge in [0.25, 0.3) is 5.91 Å². The van der Waals surface area contributed by atoms with Gasteiger partial charge in [-0.05, 0) is 63.7 Å². The highest BCUT2D eigenvalue weighted by molar-refractivity contribution is 9.09. The number of hydrogen-bond donors (Lipinski definition) is 0. The van der Waals surface area contributed by atoms with Gasteiger partial charge in [0.2, 0.25) is 0 Å². The molecule has 30 heavy (non-hydrogen) atoms. The van der Waals surface area contributed by atoms with Crippen LogP contribution in [0.1, 0.15) is 64.2 Å². The fourth-order valence-electron chi connectivity index (χ4n) is 5.69. The van der Waals surface area contributed by atoms with Crippen molar-refractivity contribution in [2.75, 3.05) is 14.2 Å². The second kappa shape index (κ2) is 9.92. The Morgan fingerprint density at radius 1 is 1.07 bits per heavy atom. The van der Waals surface area contributed by atoms with E-state index < -0.39 is 12.3 Å². The minimum Gasteiger partial charge on any atom is -0.379 e. The van der Waals surface area contributed by atoms with E-state index in [1.807, 2.05) is 0 Å². The molecule has 2 saturated carbocycles. The van der Waals surface area contributed by atoms with Crippen LogP contribution in [0.3, 0.4) is 0 Å². The molecule has 1 amide bonds. The first-order valence-electron chi connectivity index (χ1n) is 11.4. The molecule has 0 aromatic rings. The first-order chi connectivity index (χ1) is 14.5. The number of carbonyl (C=O) groups is 1. The molecule has 6 atom stereocenters. The Morgan fingerprint density at radius 2 is 1.80 bits per heavy atom. The van der Waals surface area contributed by atoms with Crippen LogP contribution >= 0.6 is 15.9 Å². The number of methoxy groups -OCH3 is 2. The zero-order valence-corrected chi connectivity index (χ0v) is 19.6. The van der Waals surface area contributed by atoms with Gasteiger partial charge in [-0.1, -0.05) is 15.9 Å². The average Bonchev–Trinajstić information content (AvgIpc) is 3.40. The molecule has 170 valence electrons. The zero-order chi connectivity index (χ0) is 21.3. The minimum absolute atomic E-state index is 0.0270. The van der Waals surface area contributed by atoms with Crippen LogP contribution in [0.5, 0.6) is 0 Å². The summed E-state index contributed by atoms with van der Waals surface area (Å²) in [5.41, 5.74) is 1.10. The van der Waals surface area contributed by atoms with Gasteiger partial charge in [0.15, 0.2) is 0 Å². The average molecular weight is 489 g/mol. The van der Waals surface area contributed by atoms with Gasteiger partial charge < -0.3 is 14.2 Å². The van der Waals surface area contributed by atoms with Gasteiger partial charge in [-0.3, -0.25) is 4.79 Å². The number of hydrogen-bond acceptors (Lipinski definition) is 5. The van der Waals surface area contributed by atoms with Crippen LogP contribution in [-0.2, 0) is 19.0 Å². The fourth-order valence-corrected chi connectivity index (χ4v) is 6.22. The molecule has 6 unspecified atom stereocenters. The number of alkyl halides is 2. The van der Waals surface area contributed by atoms with E-state index in [1.165, 1.54) is 0 Å². The predicted octanol–water partition coefficient (Wildman–Crippen LogP) is 4.20. The summed E-state index contributed by atoms with van der Waals surface area (Å²) in [7, 11) is 3.47. The molecule has 0 spiro atoms. The third-order valence-corrected chi connectivity index (χ3v) is 8.16. The van der Waals surface area contributed by atoms with Crippen molar-refractivity contribution < 1.29 is 23.4 Å². The molecule has 8 heteroatoms. The lowest BCUT2D eigenvalue weighted by atomic mass is 9.77. The van der Waals surface area contributed by atoms with Crippen molar-refractivity contribution in [1.82, 2.24) is 5.01 Å². The highest BCUT2D eigenvalue weighted by Crippen LogP contribution is 2.40. The summed E-state index contributed by atoms with van der Waals surface area (Å²) >= 11 is 3.46. The number of hydrazone groups is 1. The van der Waals surface area contributed by atoms with Gasteiger partial charge in [0.05, 0.1) is 18.2 Å². The molecule has 2 heterocycles. The van der Waals surface area contributed by atoms with E-state index in [4.69, 9.17) is 19.3 Å². The third-order valence-electron chi connectivity index (χ3n) is 7.49. The van der Waals surface area contributed by atoms with Crippen molar-refractivity contribution in [3.63, 3.8) is 0 Å². The zero-order valence-electron chi connectivity index (χ0n) is 18.0. The lowest BCUT2D eigenvalue weighted by Gasteiger charge is -2.35. The van der Waals surface area contributed by atoms with Crippen molar-refractivity contribution in [2.24, 2.45) is 16.9 Å². The third kappa shape index (κ3) is 4.76. The number of nitrogens with zero attached hydrogens (tertiary/aromatic N) is 2. The van der Waals surface area contributed by atoms with Crippen molar-refractivity contribution in [1.29, 1.82) is 0 Å². The number of halogens is 2. The molecule has 4 rings (SSSR count). The summed E-state index contributed by atoms with van der Waals surface area (Å²) in [5, 5.41) is 6.55. The quantitative estimate of drug-likeness (QED) is 0.544. The predicted molar refractivity (Wildman–Crippen MR) is 115 cm³/mol. The molecular weight excluding hydrogens is 455 g/mol. The van der Waals surface area contributed by atoms with Gasteiger partial charge >= 0.3 is 0 Å². The van der Waals surface area contributed by atoms with Crippen LogP contribution in [-0.4, -0.2) is 66.4 Å². The van der Waals surface area contributed by atoms with Crippen LogP contribution in [0.4, 0.5) is 4.39 Å². The van der Waals surface area contributed by atoms with E-state index in [0.29, 0.717) is 31.1 Å². The number of carbonyl (C=O) groups excluding carboxylic acids is 1. The van der Waals surface area contributed by atoms with Gasteiger partial charge in [-0.2, -0.15) is 5.10 Å². The van der Waals surface area contributed by atoms with E-state index in [0.717, 1.165) is 50.7 Å². The first-order valence-corrected chi connectivity index (χ1v) is 12.3. The molecule has 4 aliphatic rings. The summed E-state index contributed by atoms with van der Waals surface area (Å²) in [6.07, 6.45) is 6.97. The second-order valence-corrected chi connectivity index (χ2v) is 10.2. The molecule has 6 nitrogen and oxygen atoms in total. The summed E-state index contributed by atoms with van der Waals surface area (Å²) in [6, 6.07) is 0.0270. The Hall–Kier alpha value is -0.570. The molecule has 0 bridgehead atoms. The van der Waals surface area contributed by atoms with Gasteiger partial charge in [-0.15, -0.1) is 0 Å². The number of rotatable bonds is 5. The smallest absolute Gasteiger partial charge is 0.272 e. The normalized spacial score (nSPS) is 42.4. The van der Waals surface area contributed by atoms with Crippen molar-refractivity contribution in [2.45, 2.75) is 99.7 Å². The highest BCUT2D eigenvalue weighted by Gasteiger charge is 2.45. The largest absolute Gasteiger partial charge is 0.379 e. The van der Waals surface area contributed by atoms with Crippen molar-refractivity contribution in [3.8, 4) is 0 Å². The Balaban J connectivity index is 1.50. The molecule has 0 radical (unpaired) electrons. The maximum absolute atomic E-state index is 13.7. The van der Waals surface area contributed by atoms with E-state index in [1.54, 1.807) is 19.2 Å². The maximum atomic E-state index is 13.7. The van der Waals surface area contributed by atoms with Crippen molar-refractivity contribution in [3.05, 3.63) is 0 Å². The molecule has 0 N–H and O–H groups in total. The fraction of sp³-hybridized carbons (Fsp3) is 0.909. The molecule has 0 aromatic heterocycles. The van der Waals surface area contributed by atoms with E-state index >= 15 is 0 Å². The van der Waals surface area contributed by atoms with E-state index in [9.17, 15) is 9.18 Å². The molecular formula is C22H34BrFN2O4. The lowest BCUT2D eigenvalue weighted by Crippen LogP contribution is -2.44. The summed E-state index contributed by atoms with van der Waals surface area (Å²) in [4.78, 5) is 13.3. The Kier molecular flexibility index (Phi) is 7.48. The highest BCUT2D eigenvalue weighted by atomic mass is 79.9. The number of ether oxygens (including phenoxy) is 3. The SMILES string of the molecule is COC1CCC(C2=NN(C(=O)C3CCC(Br)O3)C(C3CCC(F)CC3)C2)CC1OC. The van der Waals surface area contributed by atoms with Gasteiger partial charge in [0.1, 0.15) is 17.3 Å². The minimum atomic E-state index is -0.703. The van der Waals surface area contributed by atoms with Crippen LogP contribution in [0, 0.1) is 11.8 Å². The van der Waals surface area contributed by atoms with Crippen LogP contribution < -0.4 is 0 Å². The van der Waals surface area contributed by atoms with Gasteiger partial charge in [0, 0.05) is 32.3 Å². The standard InChI is InChI=1S/C22H34BrFN2O4/c1-28-18-8-5-14(11-20(18)29-2)16-12-17(13-3-6-15(24)7-4-13)26(25-16)22(27)19-9-10-21(23)30-19/h13-15,17-21H,3-12H2,1-2H3. The monoisotopic (exact) mass is 488 g/mol. The van der Waals surface area contributed by atoms with E-state index in [-0.39, 0.29) is 29.2 Å². The Bertz CT molecular complexity index is 643. The summed E-state index contributed by atoms with van der Waals surface area (Å²) < 4.78 is 30.8. The van der Waals surface area contributed by atoms with Crippen molar-refractivity contribution >= 4 is 27.5 Å². The molecule has 3 fully saturated rings. The summed E-state index contributed by atoms with van der Waals surface area (Å²) in [6.45, 7) is 0. The van der Waals surface area contributed by atoms with Crippen LogP contribution in [0.15, 0.2) is 5.10 Å². The maximum Gasteiger partial charge on any atom is 0.272 e. The van der Waals surface area contributed by atoms with Crippen LogP contribution in [0.25, 0.3) is 0 Å².